The first-order valence-corrected chi connectivity index (χ1v) is 4.76. The largest absolute Gasteiger partial charge is 0.483 e. The van der Waals surface area contributed by atoms with Gasteiger partial charge in [-0.3, -0.25) is 0 Å². The van der Waals surface area contributed by atoms with E-state index in [0.717, 1.165) is 18.4 Å². The van der Waals surface area contributed by atoms with Crippen LogP contribution in [0.5, 0.6) is 5.75 Å². The highest BCUT2D eigenvalue weighted by molar-refractivity contribution is 5.30. The summed E-state index contributed by atoms with van der Waals surface area (Å²) >= 11 is 0. The minimum absolute atomic E-state index is 0.150. The zero-order valence-electron chi connectivity index (χ0n) is 7.97. The molecule has 4 heteroatoms. The molecule has 1 fully saturated rings. The molecule has 0 atom stereocenters. The average Bonchev–Trinajstić information content (AvgIpc) is 2.98. The van der Waals surface area contributed by atoms with Crippen LogP contribution in [0.15, 0.2) is 18.2 Å². The summed E-state index contributed by atoms with van der Waals surface area (Å²) in [5.74, 6) is 0.731. The SMILES string of the molecule is FC(F)(F)COc1[c]cc(C2CC2)cc1. The van der Waals surface area contributed by atoms with Crippen LogP contribution >= 0.6 is 0 Å². The van der Waals surface area contributed by atoms with Crippen LogP contribution in [-0.2, 0) is 0 Å². The molecule has 0 saturated heterocycles. The van der Waals surface area contributed by atoms with Gasteiger partial charge in [-0.15, -0.1) is 0 Å². The van der Waals surface area contributed by atoms with Gasteiger partial charge in [-0.2, -0.15) is 13.2 Å². The first kappa shape index (κ1) is 10.3. The van der Waals surface area contributed by atoms with Gasteiger partial charge in [-0.25, -0.2) is 0 Å². The van der Waals surface area contributed by atoms with Crippen LogP contribution < -0.4 is 4.74 Å². The van der Waals surface area contributed by atoms with Gasteiger partial charge in [0.2, 0.25) is 0 Å². The fraction of sp³-hybridized carbons (Fsp3) is 0.455. The van der Waals surface area contributed by atoms with Crippen molar-refractivity contribution in [2.75, 3.05) is 6.61 Å². The quantitative estimate of drug-likeness (QED) is 0.751. The maximum absolute atomic E-state index is 11.8. The summed E-state index contributed by atoms with van der Waals surface area (Å²) in [4.78, 5) is 0. The lowest BCUT2D eigenvalue weighted by Crippen LogP contribution is -2.19. The molecule has 1 nitrogen and oxygen atoms in total. The molecule has 0 spiro atoms. The van der Waals surface area contributed by atoms with Crippen molar-refractivity contribution in [3.05, 3.63) is 29.8 Å². The number of benzene rings is 1. The van der Waals surface area contributed by atoms with Gasteiger partial charge in [0.25, 0.3) is 0 Å². The monoisotopic (exact) mass is 215 g/mol. The first-order valence-electron chi connectivity index (χ1n) is 4.76. The third-order valence-corrected chi connectivity index (χ3v) is 2.25. The number of halogens is 3. The van der Waals surface area contributed by atoms with Gasteiger partial charge < -0.3 is 4.74 Å². The van der Waals surface area contributed by atoms with Gasteiger partial charge >= 0.3 is 6.18 Å². The van der Waals surface area contributed by atoms with Gasteiger partial charge in [-0.1, -0.05) is 6.07 Å². The molecule has 1 aliphatic carbocycles. The van der Waals surface area contributed by atoms with Crippen molar-refractivity contribution in [2.24, 2.45) is 0 Å². The summed E-state index contributed by atoms with van der Waals surface area (Å²) in [5, 5.41) is 0. The molecule has 0 aromatic heterocycles. The fourth-order valence-corrected chi connectivity index (χ4v) is 1.34. The molecule has 0 unspecified atom stereocenters. The number of alkyl halides is 3. The highest BCUT2D eigenvalue weighted by Gasteiger charge is 2.28. The Bertz CT molecular complexity index is 325. The second kappa shape index (κ2) is 3.76. The lowest BCUT2D eigenvalue weighted by atomic mass is 10.1. The van der Waals surface area contributed by atoms with Crippen molar-refractivity contribution >= 4 is 0 Å². The second-order valence-corrected chi connectivity index (χ2v) is 3.66. The maximum Gasteiger partial charge on any atom is 0.422 e. The summed E-state index contributed by atoms with van der Waals surface area (Å²) in [6.45, 7) is -1.26. The Balaban J connectivity index is 1.92. The molecule has 0 heterocycles. The molecular weight excluding hydrogens is 205 g/mol. The van der Waals surface area contributed by atoms with Crippen LogP contribution in [0.25, 0.3) is 0 Å². The molecule has 1 saturated carbocycles. The van der Waals surface area contributed by atoms with E-state index < -0.39 is 12.8 Å². The summed E-state index contributed by atoms with van der Waals surface area (Å²) < 4.78 is 40.0. The minimum Gasteiger partial charge on any atom is -0.483 e. The molecule has 81 valence electrons. The van der Waals surface area contributed by atoms with E-state index in [1.807, 2.05) is 0 Å². The Morgan fingerprint density at radius 2 is 2.07 bits per heavy atom. The van der Waals surface area contributed by atoms with Gasteiger partial charge in [0.15, 0.2) is 6.61 Å². The van der Waals surface area contributed by atoms with Crippen LogP contribution in [0.1, 0.15) is 24.3 Å². The van der Waals surface area contributed by atoms with E-state index in [-0.39, 0.29) is 5.75 Å². The lowest BCUT2D eigenvalue weighted by molar-refractivity contribution is -0.153. The Labute approximate surface area is 85.9 Å². The average molecular weight is 215 g/mol. The zero-order valence-corrected chi connectivity index (χ0v) is 7.97. The van der Waals surface area contributed by atoms with Crippen LogP contribution in [-0.4, -0.2) is 12.8 Å². The standard InChI is InChI=1S/C11H10F3O/c12-11(13,14)7-15-10-5-3-9(4-6-10)8-1-2-8/h3-5,8H,1-2,7H2. The number of rotatable bonds is 3. The van der Waals surface area contributed by atoms with E-state index in [4.69, 9.17) is 0 Å². The summed E-state index contributed by atoms with van der Waals surface area (Å²) in [5.41, 5.74) is 1.13. The molecule has 1 radical (unpaired) electrons. The molecule has 0 amide bonds. The Morgan fingerprint density at radius 1 is 1.33 bits per heavy atom. The van der Waals surface area contributed by atoms with E-state index in [2.05, 4.69) is 10.8 Å². The van der Waals surface area contributed by atoms with Crippen LogP contribution in [0, 0.1) is 6.07 Å². The predicted molar refractivity (Wildman–Crippen MR) is 48.8 cm³/mol. The summed E-state index contributed by atoms with van der Waals surface area (Å²) in [6, 6.07) is 7.77. The lowest BCUT2D eigenvalue weighted by Gasteiger charge is -2.08. The van der Waals surface area contributed by atoms with Crippen molar-refractivity contribution in [1.29, 1.82) is 0 Å². The minimum atomic E-state index is -4.29. The topological polar surface area (TPSA) is 9.23 Å². The van der Waals surface area contributed by atoms with Crippen molar-refractivity contribution in [2.45, 2.75) is 24.9 Å². The van der Waals surface area contributed by atoms with E-state index in [1.54, 1.807) is 18.2 Å². The maximum atomic E-state index is 11.8. The summed E-state index contributed by atoms with van der Waals surface area (Å²) in [6.07, 6.45) is -1.96. The molecule has 1 aromatic carbocycles. The molecule has 1 aromatic rings. The van der Waals surface area contributed by atoms with Crippen LogP contribution in [0.3, 0.4) is 0 Å². The highest BCUT2D eigenvalue weighted by atomic mass is 19.4. The zero-order chi connectivity index (χ0) is 10.9. The Morgan fingerprint density at radius 3 is 2.53 bits per heavy atom. The third-order valence-electron chi connectivity index (χ3n) is 2.25. The smallest absolute Gasteiger partial charge is 0.422 e. The molecule has 1 aliphatic rings. The second-order valence-electron chi connectivity index (χ2n) is 3.66. The molecule has 2 rings (SSSR count). The van der Waals surface area contributed by atoms with Crippen LogP contribution in [0.2, 0.25) is 0 Å². The van der Waals surface area contributed by atoms with Gasteiger partial charge in [0, 0.05) is 6.07 Å². The molecule has 15 heavy (non-hydrogen) atoms. The van der Waals surface area contributed by atoms with Crippen LogP contribution in [0.4, 0.5) is 13.2 Å². The number of hydrogen-bond donors (Lipinski definition) is 0. The van der Waals surface area contributed by atoms with Crippen molar-refractivity contribution < 1.29 is 17.9 Å². The molecular formula is C11H10F3O. The predicted octanol–water partition coefficient (Wildman–Crippen LogP) is 3.31. The van der Waals surface area contributed by atoms with Crippen molar-refractivity contribution in [3.63, 3.8) is 0 Å². The fourth-order valence-electron chi connectivity index (χ4n) is 1.34. The number of ether oxygens (including phenoxy) is 1. The van der Waals surface area contributed by atoms with Gasteiger partial charge in [0.05, 0.1) is 0 Å². The first-order chi connectivity index (χ1) is 7.04. The number of hydrogen-bond acceptors (Lipinski definition) is 1. The third kappa shape index (κ3) is 3.15. The summed E-state index contributed by atoms with van der Waals surface area (Å²) in [7, 11) is 0. The molecule has 0 N–H and O–H groups in total. The van der Waals surface area contributed by atoms with E-state index >= 15 is 0 Å². The van der Waals surface area contributed by atoms with Gasteiger partial charge in [-0.05, 0) is 36.5 Å². The van der Waals surface area contributed by atoms with E-state index in [1.165, 1.54) is 0 Å². The van der Waals surface area contributed by atoms with E-state index in [0.29, 0.717) is 5.92 Å². The normalized spacial score (nSPS) is 16.5. The Kier molecular flexibility index (Phi) is 2.59. The van der Waals surface area contributed by atoms with Crippen molar-refractivity contribution in [3.8, 4) is 5.75 Å². The Hall–Kier alpha value is -1.19. The van der Waals surface area contributed by atoms with E-state index in [9.17, 15) is 13.2 Å². The van der Waals surface area contributed by atoms with Gasteiger partial charge in [0.1, 0.15) is 5.75 Å². The van der Waals surface area contributed by atoms with Crippen molar-refractivity contribution in [1.82, 2.24) is 0 Å². The molecule has 0 bridgehead atoms. The molecule has 0 aliphatic heterocycles. The highest BCUT2D eigenvalue weighted by Crippen LogP contribution is 2.40.